The maximum Gasteiger partial charge on any atom is 0.224 e. The number of nitrogens with one attached hydrogen (secondary N) is 1. The topological polar surface area (TPSA) is 59.3 Å². The summed E-state index contributed by atoms with van der Waals surface area (Å²) in [5, 5.41) is 8.79. The summed E-state index contributed by atoms with van der Waals surface area (Å²) in [5.41, 5.74) is 6.93. The van der Waals surface area contributed by atoms with Crippen molar-refractivity contribution in [3.63, 3.8) is 0 Å². The zero-order valence-corrected chi connectivity index (χ0v) is 16.5. The fraction of sp³-hybridized carbons (Fsp3) is 0.261. The molecule has 0 radical (unpaired) electrons. The van der Waals surface area contributed by atoms with Crippen LogP contribution >= 0.6 is 0 Å². The second-order valence-corrected chi connectivity index (χ2v) is 7.07. The number of hydrogen-bond donors (Lipinski definition) is 1. The van der Waals surface area contributed by atoms with E-state index in [-0.39, 0.29) is 5.91 Å². The monoisotopic (exact) mass is 372 g/mol. The van der Waals surface area contributed by atoms with E-state index in [2.05, 4.69) is 17.3 Å². The summed E-state index contributed by atoms with van der Waals surface area (Å²) in [6.45, 7) is 6.15. The highest BCUT2D eigenvalue weighted by Crippen LogP contribution is 2.23. The molecule has 5 nitrogen and oxygen atoms in total. The number of rotatable bonds is 5. The first-order valence-electron chi connectivity index (χ1n) is 9.69. The number of anilines is 1. The van der Waals surface area contributed by atoms with Gasteiger partial charge >= 0.3 is 0 Å². The standard InChI is InChI=1S/C23H24N4O/c1-4-17-9-5-7-11-20(17)25-22(28)14-13-18-15(2)24-23-19-10-6-8-12-21(19)26-27(23)16(18)3/h5-12H,4,13-14H2,1-3H3,(H,25,28). The minimum atomic E-state index is 0.0189. The zero-order valence-electron chi connectivity index (χ0n) is 16.5. The number of para-hydroxylation sites is 1. The van der Waals surface area contributed by atoms with E-state index in [0.29, 0.717) is 12.8 Å². The van der Waals surface area contributed by atoms with Crippen molar-refractivity contribution in [2.24, 2.45) is 0 Å². The van der Waals surface area contributed by atoms with Crippen LogP contribution in [0.15, 0.2) is 48.5 Å². The number of aromatic nitrogens is 3. The van der Waals surface area contributed by atoms with Crippen molar-refractivity contribution in [3.8, 4) is 0 Å². The highest BCUT2D eigenvalue weighted by Gasteiger charge is 2.15. The van der Waals surface area contributed by atoms with Crippen LogP contribution in [-0.4, -0.2) is 20.5 Å². The number of aryl methyl sites for hydroxylation is 3. The molecule has 2 aromatic heterocycles. The quantitative estimate of drug-likeness (QED) is 0.555. The lowest BCUT2D eigenvalue weighted by Crippen LogP contribution is -2.15. The van der Waals surface area contributed by atoms with Crippen LogP contribution < -0.4 is 5.32 Å². The number of benzene rings is 2. The molecule has 4 rings (SSSR count). The van der Waals surface area contributed by atoms with Crippen LogP contribution in [0, 0.1) is 13.8 Å². The van der Waals surface area contributed by atoms with Crippen molar-refractivity contribution in [3.05, 3.63) is 71.0 Å². The van der Waals surface area contributed by atoms with Gasteiger partial charge in [-0.25, -0.2) is 9.50 Å². The van der Waals surface area contributed by atoms with E-state index in [1.165, 1.54) is 0 Å². The maximum atomic E-state index is 12.5. The highest BCUT2D eigenvalue weighted by atomic mass is 16.1. The second kappa shape index (κ2) is 7.43. The van der Waals surface area contributed by atoms with E-state index in [0.717, 1.165) is 51.2 Å². The smallest absolute Gasteiger partial charge is 0.224 e. The second-order valence-electron chi connectivity index (χ2n) is 7.07. The normalized spacial score (nSPS) is 11.2. The van der Waals surface area contributed by atoms with Crippen molar-refractivity contribution in [2.45, 2.75) is 40.0 Å². The summed E-state index contributed by atoms with van der Waals surface area (Å²) in [6, 6.07) is 16.0. The Morgan fingerprint density at radius 1 is 1.07 bits per heavy atom. The van der Waals surface area contributed by atoms with Gasteiger partial charge in [-0.05, 0) is 56.0 Å². The molecule has 1 amide bonds. The van der Waals surface area contributed by atoms with Gasteiger partial charge in [0, 0.05) is 28.9 Å². The molecule has 2 heterocycles. The summed E-state index contributed by atoms with van der Waals surface area (Å²) in [5.74, 6) is 0.0189. The van der Waals surface area contributed by atoms with Crippen molar-refractivity contribution in [1.29, 1.82) is 0 Å². The van der Waals surface area contributed by atoms with Crippen LogP contribution in [0.3, 0.4) is 0 Å². The summed E-state index contributed by atoms with van der Waals surface area (Å²) < 4.78 is 1.90. The Kier molecular flexibility index (Phi) is 4.82. The maximum absolute atomic E-state index is 12.5. The Hall–Kier alpha value is -3.21. The van der Waals surface area contributed by atoms with Gasteiger partial charge in [0.05, 0.1) is 5.52 Å². The molecule has 0 saturated carbocycles. The molecule has 0 unspecified atom stereocenters. The van der Waals surface area contributed by atoms with Gasteiger partial charge in [-0.15, -0.1) is 0 Å². The van der Waals surface area contributed by atoms with Crippen LogP contribution in [0.25, 0.3) is 16.6 Å². The van der Waals surface area contributed by atoms with Crippen LogP contribution in [0.1, 0.15) is 35.9 Å². The minimum Gasteiger partial charge on any atom is -0.326 e. The van der Waals surface area contributed by atoms with Crippen LogP contribution in [0.2, 0.25) is 0 Å². The summed E-state index contributed by atoms with van der Waals surface area (Å²) in [4.78, 5) is 17.3. The average molecular weight is 372 g/mol. The lowest BCUT2D eigenvalue weighted by atomic mass is 10.1. The first kappa shape index (κ1) is 18.2. The Labute approximate surface area is 164 Å². The fourth-order valence-electron chi connectivity index (χ4n) is 3.74. The van der Waals surface area contributed by atoms with Gasteiger partial charge in [0.1, 0.15) is 0 Å². The predicted octanol–water partition coefficient (Wildman–Crippen LogP) is 4.63. The molecule has 0 fully saturated rings. The predicted molar refractivity (Wildman–Crippen MR) is 113 cm³/mol. The lowest BCUT2D eigenvalue weighted by molar-refractivity contribution is -0.116. The van der Waals surface area contributed by atoms with Gasteiger partial charge in [0.15, 0.2) is 5.65 Å². The number of fused-ring (bicyclic) bond motifs is 3. The molecule has 0 bridgehead atoms. The molecule has 0 atom stereocenters. The Balaban J connectivity index is 1.58. The van der Waals surface area contributed by atoms with E-state index in [1.807, 2.05) is 66.9 Å². The third kappa shape index (κ3) is 3.24. The molecule has 142 valence electrons. The number of hydrogen-bond acceptors (Lipinski definition) is 3. The summed E-state index contributed by atoms with van der Waals surface area (Å²) in [7, 11) is 0. The van der Waals surface area contributed by atoms with Crippen LogP contribution in [-0.2, 0) is 17.6 Å². The molecule has 1 N–H and O–H groups in total. The largest absolute Gasteiger partial charge is 0.326 e. The van der Waals surface area contributed by atoms with Crippen molar-refractivity contribution in [2.75, 3.05) is 5.32 Å². The Bertz CT molecular complexity index is 1180. The highest BCUT2D eigenvalue weighted by molar-refractivity contribution is 5.93. The molecule has 28 heavy (non-hydrogen) atoms. The average Bonchev–Trinajstić information content (AvgIpc) is 3.07. The fourth-order valence-corrected chi connectivity index (χ4v) is 3.74. The molecular formula is C23H24N4O. The minimum absolute atomic E-state index is 0.0189. The summed E-state index contributed by atoms with van der Waals surface area (Å²) in [6.07, 6.45) is 1.94. The van der Waals surface area contributed by atoms with Crippen molar-refractivity contribution < 1.29 is 4.79 Å². The molecule has 0 aliphatic rings. The van der Waals surface area contributed by atoms with Gasteiger partial charge in [-0.3, -0.25) is 4.79 Å². The van der Waals surface area contributed by atoms with Crippen LogP contribution in [0.5, 0.6) is 0 Å². The molecular weight excluding hydrogens is 348 g/mol. The molecule has 0 saturated heterocycles. The van der Waals surface area contributed by atoms with Gasteiger partial charge in [-0.2, -0.15) is 5.10 Å². The van der Waals surface area contributed by atoms with E-state index < -0.39 is 0 Å². The molecule has 0 aliphatic carbocycles. The van der Waals surface area contributed by atoms with Crippen molar-refractivity contribution >= 4 is 28.1 Å². The van der Waals surface area contributed by atoms with E-state index in [4.69, 9.17) is 4.98 Å². The number of nitrogens with zero attached hydrogens (tertiary/aromatic N) is 3. The van der Waals surface area contributed by atoms with E-state index in [1.54, 1.807) is 0 Å². The van der Waals surface area contributed by atoms with E-state index in [9.17, 15) is 4.79 Å². The third-order valence-corrected chi connectivity index (χ3v) is 5.29. The molecule has 4 aromatic rings. The molecule has 0 aliphatic heterocycles. The van der Waals surface area contributed by atoms with E-state index >= 15 is 0 Å². The summed E-state index contributed by atoms with van der Waals surface area (Å²) >= 11 is 0. The van der Waals surface area contributed by atoms with Gasteiger partial charge in [-0.1, -0.05) is 37.3 Å². The SMILES string of the molecule is CCc1ccccc1NC(=O)CCc1c(C)nc2c3ccccc3nn2c1C. The van der Waals surface area contributed by atoms with Gasteiger partial charge in [0.25, 0.3) is 0 Å². The molecule has 2 aromatic carbocycles. The third-order valence-electron chi connectivity index (χ3n) is 5.29. The number of carbonyl (C=O) groups is 1. The molecule has 5 heteroatoms. The Morgan fingerprint density at radius 3 is 2.64 bits per heavy atom. The molecule has 0 spiro atoms. The van der Waals surface area contributed by atoms with Gasteiger partial charge in [0.2, 0.25) is 5.91 Å². The zero-order chi connectivity index (χ0) is 19.7. The number of amides is 1. The van der Waals surface area contributed by atoms with Crippen molar-refractivity contribution in [1.82, 2.24) is 14.6 Å². The first-order valence-corrected chi connectivity index (χ1v) is 9.69. The Morgan fingerprint density at radius 2 is 1.82 bits per heavy atom. The number of carbonyl (C=O) groups excluding carboxylic acids is 1. The lowest BCUT2D eigenvalue weighted by Gasteiger charge is -2.12. The van der Waals surface area contributed by atoms with Crippen LogP contribution in [0.4, 0.5) is 5.69 Å². The first-order chi connectivity index (χ1) is 13.6. The van der Waals surface area contributed by atoms with Gasteiger partial charge < -0.3 is 5.32 Å².